The van der Waals surface area contributed by atoms with E-state index in [-0.39, 0.29) is 6.04 Å². The second-order valence-corrected chi connectivity index (χ2v) is 5.67. The van der Waals surface area contributed by atoms with Crippen molar-refractivity contribution in [3.8, 4) is 0 Å². The smallest absolute Gasteiger partial charge is 0.108 e. The lowest BCUT2D eigenvalue weighted by atomic mass is 9.79. The number of hydrogen-bond acceptors (Lipinski definition) is 2. The Morgan fingerprint density at radius 3 is 2.80 bits per heavy atom. The second kappa shape index (κ2) is 5.84. The molecule has 0 aliphatic heterocycles. The minimum atomic E-state index is 0.226. The summed E-state index contributed by atoms with van der Waals surface area (Å²) in [5.74, 6) is 1.86. The molecule has 3 rings (SSSR count). The zero-order chi connectivity index (χ0) is 13.9. The van der Waals surface area contributed by atoms with Crippen LogP contribution in [0.4, 0.5) is 0 Å². The summed E-state index contributed by atoms with van der Waals surface area (Å²) in [5.41, 5.74) is 4.10. The van der Waals surface area contributed by atoms with Gasteiger partial charge in [0, 0.05) is 12.0 Å². The molecule has 1 aromatic heterocycles. The molecule has 1 heterocycles. The van der Waals surface area contributed by atoms with Crippen LogP contribution in [0.1, 0.15) is 60.6 Å². The van der Waals surface area contributed by atoms with E-state index < -0.39 is 0 Å². The summed E-state index contributed by atoms with van der Waals surface area (Å²) < 4.78 is 5.59. The molecule has 1 saturated carbocycles. The summed E-state index contributed by atoms with van der Waals surface area (Å²) in [6.07, 6.45) is 6.81. The molecule has 0 amide bonds. The molecule has 0 saturated heterocycles. The number of aryl methyl sites for hydroxylation is 1. The van der Waals surface area contributed by atoms with Crippen LogP contribution in [0.3, 0.4) is 0 Å². The lowest BCUT2D eigenvalue weighted by molar-refractivity contribution is 0.419. The van der Waals surface area contributed by atoms with Crippen molar-refractivity contribution in [2.75, 3.05) is 7.05 Å². The van der Waals surface area contributed by atoms with Gasteiger partial charge in [-0.1, -0.05) is 37.6 Å². The van der Waals surface area contributed by atoms with Crippen molar-refractivity contribution in [2.45, 2.75) is 44.6 Å². The Bertz CT molecular complexity index is 568. The van der Waals surface area contributed by atoms with E-state index in [1.54, 1.807) is 6.26 Å². The Morgan fingerprint density at radius 2 is 2.15 bits per heavy atom. The molecule has 2 heteroatoms. The Kier molecular flexibility index (Phi) is 3.93. The summed E-state index contributed by atoms with van der Waals surface area (Å²) in [7, 11) is 2.02. The van der Waals surface area contributed by atoms with E-state index in [9.17, 15) is 0 Å². The summed E-state index contributed by atoms with van der Waals surface area (Å²) >= 11 is 0. The van der Waals surface area contributed by atoms with Crippen molar-refractivity contribution in [3.05, 3.63) is 59.0 Å². The Labute approximate surface area is 121 Å². The van der Waals surface area contributed by atoms with Crippen molar-refractivity contribution in [1.29, 1.82) is 0 Å². The topological polar surface area (TPSA) is 25.2 Å². The van der Waals surface area contributed by atoms with Gasteiger partial charge in [-0.25, -0.2) is 0 Å². The van der Waals surface area contributed by atoms with Crippen LogP contribution in [0.25, 0.3) is 0 Å². The molecule has 1 fully saturated rings. The summed E-state index contributed by atoms with van der Waals surface area (Å²) in [4.78, 5) is 0. The van der Waals surface area contributed by atoms with Gasteiger partial charge in [0.15, 0.2) is 0 Å². The molecule has 0 bridgehead atoms. The maximum Gasteiger partial charge on any atom is 0.108 e. The highest BCUT2D eigenvalue weighted by Crippen LogP contribution is 2.37. The van der Waals surface area contributed by atoms with Crippen LogP contribution in [-0.2, 0) is 6.42 Å². The van der Waals surface area contributed by atoms with Gasteiger partial charge in [0.2, 0.25) is 0 Å². The minimum absolute atomic E-state index is 0.226. The molecule has 1 unspecified atom stereocenters. The lowest BCUT2D eigenvalue weighted by Crippen LogP contribution is -2.19. The highest BCUT2D eigenvalue weighted by Gasteiger charge is 2.22. The highest BCUT2D eigenvalue weighted by atomic mass is 16.3. The van der Waals surface area contributed by atoms with E-state index >= 15 is 0 Å². The Balaban J connectivity index is 1.92. The monoisotopic (exact) mass is 269 g/mol. The molecule has 1 aliphatic rings. The van der Waals surface area contributed by atoms with E-state index in [0.29, 0.717) is 0 Å². The molecule has 20 heavy (non-hydrogen) atoms. The van der Waals surface area contributed by atoms with Crippen LogP contribution >= 0.6 is 0 Å². The third-order valence-corrected chi connectivity index (χ3v) is 4.52. The average molecular weight is 269 g/mol. The normalized spacial score (nSPS) is 16.9. The fourth-order valence-corrected chi connectivity index (χ4v) is 3.13. The maximum atomic E-state index is 5.59. The molecular formula is C18H23NO. The van der Waals surface area contributed by atoms with Crippen LogP contribution in [0, 0.1) is 0 Å². The van der Waals surface area contributed by atoms with Gasteiger partial charge in [0.1, 0.15) is 5.76 Å². The summed E-state index contributed by atoms with van der Waals surface area (Å²) in [6, 6.07) is 11.4. The molecule has 0 spiro atoms. The van der Waals surface area contributed by atoms with Gasteiger partial charge in [0.25, 0.3) is 0 Å². The fraction of sp³-hybridized carbons (Fsp3) is 0.444. The number of benzene rings is 1. The van der Waals surface area contributed by atoms with E-state index in [0.717, 1.165) is 18.1 Å². The SMILES string of the molecule is CCc1occc1C(NC)c1cccc(C2CCC2)c1. The van der Waals surface area contributed by atoms with Gasteiger partial charge in [-0.05, 0) is 43.0 Å². The molecule has 0 radical (unpaired) electrons. The predicted octanol–water partition coefficient (Wildman–Crippen LogP) is 4.42. The van der Waals surface area contributed by atoms with Gasteiger partial charge in [-0.15, -0.1) is 0 Å². The standard InChI is InChI=1S/C18H23NO/c1-3-17-16(10-11-20-17)18(19-2)15-9-5-8-14(12-15)13-6-4-7-13/h5,8-13,18-19H,3-4,6-7H2,1-2H3. The van der Waals surface area contributed by atoms with E-state index in [1.165, 1.54) is 36.0 Å². The molecule has 1 N–H and O–H groups in total. The Hall–Kier alpha value is -1.54. The average Bonchev–Trinajstić information content (AvgIpc) is 2.86. The molecule has 1 aliphatic carbocycles. The number of rotatable bonds is 5. The third kappa shape index (κ3) is 2.40. The zero-order valence-electron chi connectivity index (χ0n) is 12.4. The van der Waals surface area contributed by atoms with E-state index in [4.69, 9.17) is 4.42 Å². The number of furan rings is 1. The largest absolute Gasteiger partial charge is 0.469 e. The Morgan fingerprint density at radius 1 is 1.30 bits per heavy atom. The van der Waals surface area contributed by atoms with Crippen LogP contribution in [-0.4, -0.2) is 7.05 Å². The molecule has 2 nitrogen and oxygen atoms in total. The van der Waals surface area contributed by atoms with Crippen molar-refractivity contribution >= 4 is 0 Å². The third-order valence-electron chi connectivity index (χ3n) is 4.52. The quantitative estimate of drug-likeness (QED) is 0.869. The first-order chi connectivity index (χ1) is 9.83. The van der Waals surface area contributed by atoms with E-state index in [1.807, 2.05) is 7.05 Å². The molecule has 1 aromatic carbocycles. The first-order valence-electron chi connectivity index (χ1n) is 7.67. The number of nitrogens with one attached hydrogen (secondary N) is 1. The number of hydrogen-bond donors (Lipinski definition) is 1. The molecule has 1 atom stereocenters. The zero-order valence-corrected chi connectivity index (χ0v) is 12.4. The van der Waals surface area contributed by atoms with Gasteiger partial charge in [0.05, 0.1) is 12.3 Å². The van der Waals surface area contributed by atoms with Gasteiger partial charge in [-0.2, -0.15) is 0 Å². The van der Waals surface area contributed by atoms with Crippen LogP contribution in [0.5, 0.6) is 0 Å². The lowest BCUT2D eigenvalue weighted by Gasteiger charge is -2.27. The maximum absolute atomic E-state index is 5.59. The van der Waals surface area contributed by atoms with Crippen molar-refractivity contribution < 1.29 is 4.42 Å². The van der Waals surface area contributed by atoms with Crippen LogP contribution in [0.15, 0.2) is 41.0 Å². The van der Waals surface area contributed by atoms with Crippen LogP contribution < -0.4 is 5.32 Å². The highest BCUT2D eigenvalue weighted by molar-refractivity contribution is 5.37. The molecular weight excluding hydrogens is 246 g/mol. The minimum Gasteiger partial charge on any atom is -0.469 e. The van der Waals surface area contributed by atoms with Gasteiger partial charge >= 0.3 is 0 Å². The van der Waals surface area contributed by atoms with Crippen molar-refractivity contribution in [3.63, 3.8) is 0 Å². The van der Waals surface area contributed by atoms with E-state index in [2.05, 4.69) is 42.6 Å². The second-order valence-electron chi connectivity index (χ2n) is 5.67. The first kappa shape index (κ1) is 13.4. The predicted molar refractivity (Wildman–Crippen MR) is 82.0 cm³/mol. The van der Waals surface area contributed by atoms with Gasteiger partial charge in [-0.3, -0.25) is 0 Å². The van der Waals surface area contributed by atoms with Crippen molar-refractivity contribution in [2.24, 2.45) is 0 Å². The molecule has 2 aromatic rings. The van der Waals surface area contributed by atoms with Crippen molar-refractivity contribution in [1.82, 2.24) is 5.32 Å². The summed E-state index contributed by atoms with van der Waals surface area (Å²) in [5, 5.41) is 3.44. The van der Waals surface area contributed by atoms with Crippen LogP contribution in [0.2, 0.25) is 0 Å². The first-order valence-corrected chi connectivity index (χ1v) is 7.67. The van der Waals surface area contributed by atoms with Gasteiger partial charge < -0.3 is 9.73 Å². The summed E-state index contributed by atoms with van der Waals surface area (Å²) in [6.45, 7) is 2.14. The fourth-order valence-electron chi connectivity index (χ4n) is 3.13. The molecule has 106 valence electrons.